The van der Waals surface area contributed by atoms with Crippen molar-refractivity contribution in [1.29, 1.82) is 0 Å². The van der Waals surface area contributed by atoms with E-state index in [-0.39, 0.29) is 5.56 Å². The highest BCUT2D eigenvalue weighted by molar-refractivity contribution is 7.26. The first-order chi connectivity index (χ1) is 20.6. The molecule has 0 saturated carbocycles. The second-order valence-electron chi connectivity index (χ2n) is 10.1. The normalized spacial score (nSPS) is 11.7. The van der Waals surface area contributed by atoms with E-state index in [4.69, 9.17) is 4.42 Å². The average molecular weight is 572 g/mol. The van der Waals surface area contributed by atoms with Crippen LogP contribution in [0.1, 0.15) is 0 Å². The zero-order valence-corrected chi connectivity index (χ0v) is 22.8. The molecule has 0 aliphatic heterocycles. The number of fused-ring (bicyclic) bond motifs is 7. The highest BCUT2D eigenvalue weighted by atomic mass is 32.1. The molecule has 0 radical (unpaired) electrons. The number of anilines is 3. The summed E-state index contributed by atoms with van der Waals surface area (Å²) in [6.45, 7) is 0. The number of furan rings is 1. The number of rotatable bonds is 4. The first-order valence-corrected chi connectivity index (χ1v) is 14.2. The van der Waals surface area contributed by atoms with Crippen molar-refractivity contribution >= 4 is 70.5 Å². The van der Waals surface area contributed by atoms with Gasteiger partial charge in [-0.05, 0) is 60.2 Å². The van der Waals surface area contributed by atoms with Gasteiger partial charge in [0.2, 0.25) is 0 Å². The highest BCUT2D eigenvalue weighted by Gasteiger charge is 2.22. The van der Waals surface area contributed by atoms with Crippen molar-refractivity contribution in [1.82, 2.24) is 0 Å². The van der Waals surface area contributed by atoms with Gasteiger partial charge in [0, 0.05) is 49.1 Å². The second-order valence-corrected chi connectivity index (χ2v) is 11.2. The van der Waals surface area contributed by atoms with Crippen molar-refractivity contribution in [3.05, 3.63) is 139 Å². The summed E-state index contributed by atoms with van der Waals surface area (Å²) in [6.07, 6.45) is 0. The molecule has 0 N–H and O–H groups in total. The van der Waals surface area contributed by atoms with Crippen LogP contribution in [0.15, 0.2) is 126 Å². The zero-order valence-electron chi connectivity index (χ0n) is 21.9. The minimum Gasteiger partial charge on any atom is -0.456 e. The molecule has 2 aromatic heterocycles. The Hall–Kier alpha value is -5.07. The number of hydrogen-bond acceptors (Lipinski definition) is 3. The Kier molecular flexibility index (Phi) is 5.59. The molecule has 0 aliphatic rings. The van der Waals surface area contributed by atoms with Crippen molar-refractivity contribution in [2.45, 2.75) is 0 Å². The van der Waals surface area contributed by atoms with Crippen molar-refractivity contribution < 1.29 is 17.6 Å². The van der Waals surface area contributed by atoms with Crippen LogP contribution in [0.25, 0.3) is 53.2 Å². The molecule has 0 saturated heterocycles. The number of benzene rings is 6. The number of para-hydroxylation sites is 1. The standard InChI is InChI=1S/C36H20F3NOS/c37-22-19-27(38)33(28(39)20-22)21-13-15-24(16-14-21)40(23-7-2-1-3-8-23)29-10-6-11-30-34(29)35-31(41-30)18-17-26-25-9-4-5-12-32(25)42-36(26)35/h1-20H. The fraction of sp³-hybridized carbons (Fsp3) is 0. The van der Waals surface area contributed by atoms with Crippen LogP contribution in [0.4, 0.5) is 30.2 Å². The van der Waals surface area contributed by atoms with Gasteiger partial charge in [-0.1, -0.05) is 54.6 Å². The molecule has 0 atom stereocenters. The van der Waals surface area contributed by atoms with E-state index in [0.29, 0.717) is 17.7 Å². The fourth-order valence-electron chi connectivity index (χ4n) is 5.85. The Morgan fingerprint density at radius 1 is 0.571 bits per heavy atom. The van der Waals surface area contributed by atoms with E-state index in [1.165, 1.54) is 15.5 Å². The van der Waals surface area contributed by atoms with Gasteiger partial charge in [-0.2, -0.15) is 0 Å². The summed E-state index contributed by atoms with van der Waals surface area (Å²) in [5.41, 5.74) is 4.25. The molecule has 6 aromatic carbocycles. The third-order valence-corrected chi connectivity index (χ3v) is 8.86. The van der Waals surface area contributed by atoms with Gasteiger partial charge in [0.25, 0.3) is 0 Å². The molecular formula is C36H20F3NOS. The monoisotopic (exact) mass is 571 g/mol. The number of nitrogens with zero attached hydrogens (tertiary/aromatic N) is 1. The van der Waals surface area contributed by atoms with Gasteiger partial charge in [-0.3, -0.25) is 0 Å². The Bertz CT molecular complexity index is 2260. The van der Waals surface area contributed by atoms with Crippen LogP contribution in [0.2, 0.25) is 0 Å². The van der Waals surface area contributed by atoms with E-state index in [2.05, 4.69) is 41.3 Å². The lowest BCUT2D eigenvalue weighted by Gasteiger charge is -2.26. The molecule has 8 rings (SSSR count). The predicted molar refractivity (Wildman–Crippen MR) is 167 cm³/mol. The largest absolute Gasteiger partial charge is 0.456 e. The second kappa shape index (κ2) is 9.50. The van der Waals surface area contributed by atoms with Crippen LogP contribution in [0, 0.1) is 17.5 Å². The topological polar surface area (TPSA) is 16.4 Å². The number of hydrogen-bond donors (Lipinski definition) is 0. The summed E-state index contributed by atoms with van der Waals surface area (Å²) in [5, 5.41) is 4.42. The molecule has 0 spiro atoms. The van der Waals surface area contributed by atoms with Crippen molar-refractivity contribution in [2.24, 2.45) is 0 Å². The Morgan fingerprint density at radius 3 is 2.05 bits per heavy atom. The summed E-state index contributed by atoms with van der Waals surface area (Å²) in [5.74, 6) is -2.84. The molecule has 2 nitrogen and oxygen atoms in total. The van der Waals surface area contributed by atoms with E-state index in [0.717, 1.165) is 43.7 Å². The minimum absolute atomic E-state index is 0.260. The van der Waals surface area contributed by atoms with Gasteiger partial charge in [0.05, 0.1) is 16.6 Å². The third-order valence-electron chi connectivity index (χ3n) is 7.66. The van der Waals surface area contributed by atoms with E-state index in [1.54, 1.807) is 23.5 Å². The van der Waals surface area contributed by atoms with Crippen molar-refractivity contribution in [3.63, 3.8) is 0 Å². The summed E-state index contributed by atoms with van der Waals surface area (Å²) < 4.78 is 51.5. The predicted octanol–water partition coefficient (Wildman–Crippen LogP) is 11.5. The summed E-state index contributed by atoms with van der Waals surface area (Å²) in [4.78, 5) is 2.12. The van der Waals surface area contributed by atoms with Crippen LogP contribution in [-0.4, -0.2) is 0 Å². The van der Waals surface area contributed by atoms with E-state index in [1.807, 2.05) is 60.7 Å². The van der Waals surface area contributed by atoms with Crippen LogP contribution in [0.3, 0.4) is 0 Å². The van der Waals surface area contributed by atoms with Crippen LogP contribution in [0.5, 0.6) is 0 Å². The van der Waals surface area contributed by atoms with Crippen molar-refractivity contribution in [2.75, 3.05) is 4.90 Å². The van der Waals surface area contributed by atoms with E-state index >= 15 is 0 Å². The number of thiophene rings is 1. The minimum atomic E-state index is -0.950. The zero-order chi connectivity index (χ0) is 28.4. The van der Waals surface area contributed by atoms with Crippen molar-refractivity contribution in [3.8, 4) is 11.1 Å². The lowest BCUT2D eigenvalue weighted by Crippen LogP contribution is -2.10. The maximum atomic E-state index is 14.6. The Balaban J connectivity index is 1.38. The molecular weight excluding hydrogens is 551 g/mol. The van der Waals surface area contributed by atoms with Gasteiger partial charge in [0.15, 0.2) is 0 Å². The fourth-order valence-corrected chi connectivity index (χ4v) is 7.10. The molecule has 8 aromatic rings. The molecule has 0 aliphatic carbocycles. The maximum Gasteiger partial charge on any atom is 0.137 e. The highest BCUT2D eigenvalue weighted by Crippen LogP contribution is 2.47. The maximum absolute atomic E-state index is 14.6. The van der Waals surface area contributed by atoms with Gasteiger partial charge >= 0.3 is 0 Å². The summed E-state index contributed by atoms with van der Waals surface area (Å²) in [7, 11) is 0. The Labute approximate surface area is 242 Å². The van der Waals surface area contributed by atoms with Crippen LogP contribution >= 0.6 is 11.3 Å². The quantitative estimate of drug-likeness (QED) is 0.209. The molecule has 42 heavy (non-hydrogen) atoms. The van der Waals surface area contributed by atoms with Gasteiger partial charge in [-0.25, -0.2) is 13.2 Å². The van der Waals surface area contributed by atoms with Gasteiger partial charge in [-0.15, -0.1) is 11.3 Å². The molecule has 0 fully saturated rings. The average Bonchev–Trinajstić information content (AvgIpc) is 3.57. The van der Waals surface area contributed by atoms with Gasteiger partial charge < -0.3 is 9.32 Å². The Morgan fingerprint density at radius 2 is 1.26 bits per heavy atom. The molecule has 6 heteroatoms. The van der Waals surface area contributed by atoms with Crippen LogP contribution in [-0.2, 0) is 0 Å². The van der Waals surface area contributed by atoms with Gasteiger partial charge in [0.1, 0.15) is 28.6 Å². The lowest BCUT2D eigenvalue weighted by atomic mass is 10.0. The third kappa shape index (κ3) is 3.80. The lowest BCUT2D eigenvalue weighted by molar-refractivity contribution is 0.548. The first kappa shape index (κ1) is 24.7. The first-order valence-electron chi connectivity index (χ1n) is 13.4. The smallest absolute Gasteiger partial charge is 0.137 e. The molecule has 0 amide bonds. The van der Waals surface area contributed by atoms with Crippen LogP contribution < -0.4 is 4.90 Å². The SMILES string of the molecule is Fc1cc(F)c(-c2ccc(N(c3ccccc3)c3cccc4oc5ccc6c7ccccc7sc6c5c34)cc2)c(F)c1. The molecule has 2 heterocycles. The molecule has 202 valence electrons. The number of halogens is 3. The molecule has 0 unspecified atom stereocenters. The summed E-state index contributed by atoms with van der Waals surface area (Å²) >= 11 is 1.75. The van der Waals surface area contributed by atoms with E-state index < -0.39 is 17.5 Å². The summed E-state index contributed by atoms with van der Waals surface area (Å²) in [6, 6.07) is 36.8. The molecule has 0 bridgehead atoms. The van der Waals surface area contributed by atoms with E-state index in [9.17, 15) is 13.2 Å².